The Morgan fingerprint density at radius 3 is 1.72 bits per heavy atom. The lowest BCUT2D eigenvalue weighted by atomic mass is 9.95. The molecule has 3 rings (SSSR count). The van der Waals surface area contributed by atoms with Crippen molar-refractivity contribution in [3.05, 3.63) is 102 Å². The molecule has 3 aromatic carbocycles. The van der Waals surface area contributed by atoms with Crippen molar-refractivity contribution >= 4 is 28.2 Å². The Labute approximate surface area is 152 Å². The van der Waals surface area contributed by atoms with E-state index >= 15 is 0 Å². The van der Waals surface area contributed by atoms with Gasteiger partial charge in [0.25, 0.3) is 0 Å². The third kappa shape index (κ3) is 4.17. The van der Waals surface area contributed by atoms with Crippen LogP contribution in [-0.2, 0) is 4.79 Å². The molecule has 0 amide bonds. The molecule has 0 spiro atoms. The number of benzene rings is 3. The summed E-state index contributed by atoms with van der Waals surface area (Å²) in [5.74, 6) is 0.174. The third-order valence-electron chi connectivity index (χ3n) is 3.71. The molecule has 0 N–H and O–H groups in total. The van der Waals surface area contributed by atoms with Gasteiger partial charge in [-0.25, -0.2) is 0 Å². The number of carbonyl (C=O) groups excluding carboxylic acids is 1. The second-order valence-corrected chi connectivity index (χ2v) is 5.92. The van der Waals surface area contributed by atoms with Crippen LogP contribution in [0.25, 0.3) is 10.6 Å². The van der Waals surface area contributed by atoms with Gasteiger partial charge in [0.05, 0.1) is 5.03 Å². The first-order valence-corrected chi connectivity index (χ1v) is 8.32. The van der Waals surface area contributed by atoms with Crippen LogP contribution < -0.4 is 4.74 Å². The quantitative estimate of drug-likeness (QED) is 0.340. The minimum Gasteiger partial charge on any atom is -0.427 e. The molecule has 0 fully saturated rings. The Morgan fingerprint density at radius 1 is 0.720 bits per heavy atom. The van der Waals surface area contributed by atoms with Crippen LogP contribution in [0.1, 0.15) is 23.6 Å². The van der Waals surface area contributed by atoms with E-state index < -0.39 is 0 Å². The molecule has 124 valence electrons. The van der Waals surface area contributed by atoms with Gasteiger partial charge in [-0.15, -0.1) is 0 Å². The second kappa shape index (κ2) is 7.82. The highest BCUT2D eigenvalue weighted by Crippen LogP contribution is 2.35. The number of hydrogen-bond donors (Lipinski definition) is 0. The van der Waals surface area contributed by atoms with Crippen LogP contribution in [0.4, 0.5) is 0 Å². The zero-order valence-corrected chi connectivity index (χ0v) is 14.5. The third-order valence-corrected chi connectivity index (χ3v) is 4.12. The largest absolute Gasteiger partial charge is 0.427 e. The lowest BCUT2D eigenvalue weighted by molar-refractivity contribution is -0.131. The molecule has 25 heavy (non-hydrogen) atoms. The predicted molar refractivity (Wildman–Crippen MR) is 102 cm³/mol. The summed E-state index contributed by atoms with van der Waals surface area (Å²) in [5.41, 5.74) is 3.86. The molecule has 3 aromatic rings. The number of esters is 1. The summed E-state index contributed by atoms with van der Waals surface area (Å²) in [4.78, 5) is 11.1. The smallest absolute Gasteiger partial charge is 0.308 e. The molecular formula is C22H17ClO2. The first-order valence-electron chi connectivity index (χ1n) is 7.94. The minimum absolute atomic E-state index is 0.339. The highest BCUT2D eigenvalue weighted by Gasteiger charge is 2.12. The van der Waals surface area contributed by atoms with Gasteiger partial charge in [-0.3, -0.25) is 4.79 Å². The van der Waals surface area contributed by atoms with Gasteiger partial charge in [0.1, 0.15) is 5.75 Å². The number of carbonyl (C=O) groups is 1. The van der Waals surface area contributed by atoms with Crippen molar-refractivity contribution < 1.29 is 9.53 Å². The second-order valence-electron chi connectivity index (χ2n) is 5.54. The van der Waals surface area contributed by atoms with Crippen LogP contribution >= 0.6 is 11.6 Å². The first kappa shape index (κ1) is 17.0. The minimum atomic E-state index is -0.339. The van der Waals surface area contributed by atoms with Crippen LogP contribution in [-0.4, -0.2) is 5.97 Å². The lowest BCUT2D eigenvalue weighted by Crippen LogP contribution is -2.01. The van der Waals surface area contributed by atoms with Crippen LogP contribution in [0.15, 0.2) is 84.9 Å². The van der Waals surface area contributed by atoms with Gasteiger partial charge in [-0.05, 0) is 28.8 Å². The van der Waals surface area contributed by atoms with Gasteiger partial charge >= 0.3 is 5.97 Å². The molecule has 0 atom stereocenters. The van der Waals surface area contributed by atoms with E-state index in [2.05, 4.69) is 0 Å². The molecule has 0 unspecified atom stereocenters. The van der Waals surface area contributed by atoms with Gasteiger partial charge in [0.2, 0.25) is 0 Å². The summed E-state index contributed by atoms with van der Waals surface area (Å²) in [5, 5.41) is 0.673. The van der Waals surface area contributed by atoms with Crippen LogP contribution in [0.3, 0.4) is 0 Å². The number of rotatable bonds is 4. The van der Waals surface area contributed by atoms with Crippen molar-refractivity contribution in [1.82, 2.24) is 0 Å². The average molecular weight is 349 g/mol. The van der Waals surface area contributed by atoms with Gasteiger partial charge in [0, 0.05) is 12.5 Å². The summed E-state index contributed by atoms with van der Waals surface area (Å²) in [6.07, 6.45) is 0. The monoisotopic (exact) mass is 348 g/mol. The molecule has 0 saturated carbocycles. The van der Waals surface area contributed by atoms with Crippen LogP contribution in [0.2, 0.25) is 0 Å². The zero-order chi connectivity index (χ0) is 17.6. The summed E-state index contributed by atoms with van der Waals surface area (Å²) in [6, 6.07) is 27.2. The predicted octanol–water partition coefficient (Wildman–Crippen LogP) is 5.77. The fourth-order valence-electron chi connectivity index (χ4n) is 2.61. The van der Waals surface area contributed by atoms with Crippen molar-refractivity contribution in [1.29, 1.82) is 0 Å². The van der Waals surface area contributed by atoms with Crippen LogP contribution in [0.5, 0.6) is 5.75 Å². The molecule has 0 saturated heterocycles. The highest BCUT2D eigenvalue weighted by atomic mass is 35.5. The van der Waals surface area contributed by atoms with Crippen LogP contribution in [0, 0.1) is 0 Å². The van der Waals surface area contributed by atoms with Gasteiger partial charge in [-0.2, -0.15) is 0 Å². The fraction of sp³-hybridized carbons (Fsp3) is 0.0455. The molecule has 0 aromatic heterocycles. The summed E-state index contributed by atoms with van der Waals surface area (Å²) < 4.78 is 5.11. The average Bonchev–Trinajstić information content (AvgIpc) is 2.64. The van der Waals surface area contributed by atoms with E-state index in [1.165, 1.54) is 6.92 Å². The van der Waals surface area contributed by atoms with Crippen molar-refractivity contribution in [3.8, 4) is 5.75 Å². The normalized spacial score (nSPS) is 11.6. The molecule has 0 radical (unpaired) electrons. The maximum atomic E-state index is 11.1. The van der Waals surface area contributed by atoms with Gasteiger partial charge < -0.3 is 4.74 Å². The van der Waals surface area contributed by atoms with Gasteiger partial charge in [-0.1, -0.05) is 84.4 Å². The van der Waals surface area contributed by atoms with E-state index in [4.69, 9.17) is 16.3 Å². The van der Waals surface area contributed by atoms with E-state index in [-0.39, 0.29) is 5.97 Å². The zero-order valence-electron chi connectivity index (χ0n) is 13.8. The molecule has 0 aliphatic heterocycles. The Morgan fingerprint density at radius 2 is 1.20 bits per heavy atom. The van der Waals surface area contributed by atoms with E-state index in [1.54, 1.807) is 12.1 Å². The number of halogens is 1. The summed E-state index contributed by atoms with van der Waals surface area (Å²) >= 11 is 6.76. The van der Waals surface area contributed by atoms with Crippen molar-refractivity contribution in [2.45, 2.75) is 6.92 Å². The molecule has 0 aliphatic rings. The van der Waals surface area contributed by atoms with E-state index in [9.17, 15) is 4.79 Å². The van der Waals surface area contributed by atoms with Gasteiger partial charge in [0.15, 0.2) is 0 Å². The molecule has 0 heterocycles. The maximum Gasteiger partial charge on any atom is 0.308 e. The van der Waals surface area contributed by atoms with Crippen molar-refractivity contribution in [3.63, 3.8) is 0 Å². The Kier molecular flexibility index (Phi) is 5.32. The first-order chi connectivity index (χ1) is 12.1. The summed E-state index contributed by atoms with van der Waals surface area (Å²) in [6.45, 7) is 1.38. The van der Waals surface area contributed by atoms with E-state index in [0.717, 1.165) is 22.3 Å². The fourth-order valence-corrected chi connectivity index (χ4v) is 2.95. The number of ether oxygens (including phenoxy) is 1. The van der Waals surface area contributed by atoms with E-state index in [0.29, 0.717) is 10.8 Å². The lowest BCUT2D eigenvalue weighted by Gasteiger charge is -2.13. The van der Waals surface area contributed by atoms with E-state index in [1.807, 2.05) is 72.8 Å². The maximum absolute atomic E-state index is 11.1. The molecule has 0 aliphatic carbocycles. The molecule has 2 nitrogen and oxygen atoms in total. The highest BCUT2D eigenvalue weighted by molar-refractivity contribution is 6.53. The molecule has 3 heteroatoms. The number of hydrogen-bond acceptors (Lipinski definition) is 2. The summed E-state index contributed by atoms with van der Waals surface area (Å²) in [7, 11) is 0. The Balaban J connectivity index is 2.11. The standard InChI is InChI=1S/C22H17ClO2/c1-16(24)25-20-14-12-18(13-15-20)21(17-8-4-2-5-9-17)22(23)19-10-6-3-7-11-19/h2-15H,1H3/b22-21-. The molecule has 0 bridgehead atoms. The Bertz CT molecular complexity index is 882. The molecular weight excluding hydrogens is 332 g/mol. The van der Waals surface area contributed by atoms with Crippen molar-refractivity contribution in [2.75, 3.05) is 0 Å². The Hall–Kier alpha value is -2.84. The van der Waals surface area contributed by atoms with Crippen molar-refractivity contribution in [2.24, 2.45) is 0 Å². The topological polar surface area (TPSA) is 26.3 Å². The SMILES string of the molecule is CC(=O)Oc1ccc(/C(=C(\Cl)c2ccccc2)c2ccccc2)cc1.